The van der Waals surface area contributed by atoms with Gasteiger partial charge in [-0.3, -0.25) is 9.69 Å². The minimum absolute atomic E-state index is 0.185. The lowest BCUT2D eigenvalue weighted by Gasteiger charge is -2.46. The van der Waals surface area contributed by atoms with Crippen LogP contribution in [0, 0.1) is 5.92 Å². The molecule has 5 heteroatoms. The van der Waals surface area contributed by atoms with E-state index in [1.165, 1.54) is 0 Å². The Balaban J connectivity index is 1.83. The summed E-state index contributed by atoms with van der Waals surface area (Å²) >= 11 is 0. The number of hydrogen-bond acceptors (Lipinski definition) is 5. The lowest BCUT2D eigenvalue weighted by Crippen LogP contribution is -2.55. The molecular formula is C14H25NO4. The second-order valence-corrected chi connectivity index (χ2v) is 5.58. The van der Waals surface area contributed by atoms with Crippen molar-refractivity contribution in [3.05, 3.63) is 0 Å². The molecule has 0 N–H and O–H groups in total. The summed E-state index contributed by atoms with van der Waals surface area (Å²) in [7, 11) is 5.36. The van der Waals surface area contributed by atoms with E-state index in [0.717, 1.165) is 26.1 Å². The van der Waals surface area contributed by atoms with Crippen LogP contribution in [0.3, 0.4) is 0 Å². The fourth-order valence-electron chi connectivity index (χ4n) is 3.15. The van der Waals surface area contributed by atoms with Crippen molar-refractivity contribution >= 4 is 5.78 Å². The molecule has 2 saturated heterocycles. The summed E-state index contributed by atoms with van der Waals surface area (Å²) in [5, 5.41) is 0. The van der Waals surface area contributed by atoms with Gasteiger partial charge < -0.3 is 14.2 Å². The van der Waals surface area contributed by atoms with Crippen molar-refractivity contribution in [2.45, 2.75) is 44.1 Å². The lowest BCUT2D eigenvalue weighted by atomic mass is 9.82. The van der Waals surface area contributed by atoms with Gasteiger partial charge in [-0.2, -0.15) is 0 Å². The van der Waals surface area contributed by atoms with Gasteiger partial charge in [-0.05, 0) is 19.9 Å². The van der Waals surface area contributed by atoms with Gasteiger partial charge >= 0.3 is 0 Å². The molecule has 0 aromatic carbocycles. The predicted molar refractivity (Wildman–Crippen MR) is 70.9 cm³/mol. The van der Waals surface area contributed by atoms with Crippen molar-refractivity contribution in [1.29, 1.82) is 0 Å². The minimum atomic E-state index is -0.266. The topological polar surface area (TPSA) is 48.0 Å². The Morgan fingerprint density at radius 1 is 1.26 bits per heavy atom. The first-order chi connectivity index (χ1) is 9.15. The summed E-state index contributed by atoms with van der Waals surface area (Å²) in [6, 6.07) is 0.809. The molecule has 2 unspecified atom stereocenters. The number of carbonyl (C=O) groups excluding carboxylic acids is 1. The molecule has 110 valence electrons. The number of ether oxygens (including phenoxy) is 3. The van der Waals surface area contributed by atoms with Crippen LogP contribution >= 0.6 is 0 Å². The molecule has 5 nitrogen and oxygen atoms in total. The second kappa shape index (κ2) is 6.79. The Morgan fingerprint density at radius 2 is 1.84 bits per heavy atom. The van der Waals surface area contributed by atoms with E-state index in [2.05, 4.69) is 11.9 Å². The second-order valence-electron chi connectivity index (χ2n) is 5.58. The summed E-state index contributed by atoms with van der Waals surface area (Å²) < 4.78 is 15.8. The highest BCUT2D eigenvalue weighted by Gasteiger charge is 2.39. The van der Waals surface area contributed by atoms with E-state index in [-0.39, 0.29) is 12.2 Å². The van der Waals surface area contributed by atoms with E-state index in [1.54, 1.807) is 14.2 Å². The molecule has 2 fully saturated rings. The monoisotopic (exact) mass is 271 g/mol. The molecule has 0 aliphatic carbocycles. The van der Waals surface area contributed by atoms with Gasteiger partial charge in [-0.15, -0.1) is 0 Å². The molecule has 2 heterocycles. The zero-order valence-corrected chi connectivity index (χ0v) is 12.1. The fourth-order valence-corrected chi connectivity index (χ4v) is 3.15. The third-order valence-corrected chi connectivity index (χ3v) is 4.49. The van der Waals surface area contributed by atoms with Crippen LogP contribution < -0.4 is 0 Å². The number of Topliss-reactive ketones (excluding diaryl/α,β-unsaturated/α-hetero) is 1. The van der Waals surface area contributed by atoms with Crippen LogP contribution in [0.15, 0.2) is 0 Å². The molecule has 0 saturated carbocycles. The molecule has 2 bridgehead atoms. The van der Waals surface area contributed by atoms with Crippen LogP contribution in [0.1, 0.15) is 25.7 Å². The van der Waals surface area contributed by atoms with Crippen LogP contribution in [0.4, 0.5) is 0 Å². The quantitative estimate of drug-likeness (QED) is 0.676. The van der Waals surface area contributed by atoms with Gasteiger partial charge in [0.15, 0.2) is 6.29 Å². The molecule has 0 amide bonds. The molecule has 0 aromatic heterocycles. The standard InChI is InChI=1S/C14H25NO4/c1-15-11-6-10(7-12(15)9-19-8-11)13(16)4-5-14(17-2)18-3/h10-12,14H,4-9H2,1-3H3. The largest absolute Gasteiger partial charge is 0.378 e. The first kappa shape index (κ1) is 14.9. The van der Waals surface area contributed by atoms with Gasteiger partial charge in [0, 0.05) is 45.1 Å². The maximum atomic E-state index is 12.3. The molecule has 2 aliphatic heterocycles. The Labute approximate surface area is 115 Å². The molecule has 0 aromatic rings. The van der Waals surface area contributed by atoms with E-state index in [4.69, 9.17) is 14.2 Å². The number of carbonyl (C=O) groups is 1. The van der Waals surface area contributed by atoms with Crippen molar-refractivity contribution < 1.29 is 19.0 Å². The van der Waals surface area contributed by atoms with E-state index in [1.807, 2.05) is 0 Å². The van der Waals surface area contributed by atoms with Crippen LogP contribution in [0.2, 0.25) is 0 Å². The van der Waals surface area contributed by atoms with E-state index >= 15 is 0 Å². The van der Waals surface area contributed by atoms with Crippen molar-refractivity contribution in [2.75, 3.05) is 34.5 Å². The molecular weight excluding hydrogens is 246 g/mol. The fraction of sp³-hybridized carbons (Fsp3) is 0.929. The summed E-state index contributed by atoms with van der Waals surface area (Å²) in [4.78, 5) is 14.7. The Bertz CT molecular complexity index is 292. The summed E-state index contributed by atoms with van der Waals surface area (Å²) in [6.45, 7) is 1.52. The predicted octanol–water partition coefficient (Wildman–Crippen LogP) is 1.06. The number of rotatable bonds is 6. The normalized spacial score (nSPS) is 31.7. The number of ketones is 1. The maximum absolute atomic E-state index is 12.3. The highest BCUT2D eigenvalue weighted by Crippen LogP contribution is 2.31. The number of methoxy groups -OCH3 is 2. The Kier molecular flexibility index (Phi) is 5.33. The third kappa shape index (κ3) is 3.54. The number of piperidine rings is 1. The smallest absolute Gasteiger partial charge is 0.157 e. The number of nitrogens with zero attached hydrogens (tertiary/aromatic N) is 1. The molecule has 19 heavy (non-hydrogen) atoms. The lowest BCUT2D eigenvalue weighted by molar-refractivity contribution is -0.136. The third-order valence-electron chi connectivity index (χ3n) is 4.49. The Hall–Kier alpha value is -0.490. The van der Waals surface area contributed by atoms with Crippen LogP contribution in [0.5, 0.6) is 0 Å². The average molecular weight is 271 g/mol. The first-order valence-corrected chi connectivity index (χ1v) is 7.03. The van der Waals surface area contributed by atoms with Gasteiger partial charge in [-0.1, -0.05) is 0 Å². The number of hydrogen-bond donors (Lipinski definition) is 0. The van der Waals surface area contributed by atoms with Gasteiger partial charge in [-0.25, -0.2) is 0 Å². The van der Waals surface area contributed by atoms with Gasteiger partial charge in [0.25, 0.3) is 0 Å². The van der Waals surface area contributed by atoms with Crippen molar-refractivity contribution in [1.82, 2.24) is 4.90 Å². The number of likely N-dealkylation sites (N-methyl/N-ethyl adjacent to an activating group) is 1. The summed E-state index contributed by atoms with van der Waals surface area (Å²) in [6.07, 6.45) is 2.77. The van der Waals surface area contributed by atoms with Crippen LogP contribution in [0.25, 0.3) is 0 Å². The van der Waals surface area contributed by atoms with Crippen LogP contribution in [-0.2, 0) is 19.0 Å². The summed E-state index contributed by atoms with van der Waals surface area (Å²) in [5.41, 5.74) is 0. The molecule has 2 atom stereocenters. The van der Waals surface area contributed by atoms with E-state index in [9.17, 15) is 4.79 Å². The van der Waals surface area contributed by atoms with Gasteiger partial charge in [0.1, 0.15) is 5.78 Å². The maximum Gasteiger partial charge on any atom is 0.157 e. The summed E-state index contributed by atoms with van der Waals surface area (Å²) in [5.74, 6) is 0.536. The van der Waals surface area contributed by atoms with Gasteiger partial charge in [0.2, 0.25) is 0 Å². The van der Waals surface area contributed by atoms with E-state index in [0.29, 0.717) is 30.7 Å². The van der Waals surface area contributed by atoms with E-state index < -0.39 is 0 Å². The zero-order chi connectivity index (χ0) is 13.8. The zero-order valence-electron chi connectivity index (χ0n) is 12.1. The number of morpholine rings is 1. The molecule has 0 spiro atoms. The molecule has 0 radical (unpaired) electrons. The molecule has 2 aliphatic rings. The minimum Gasteiger partial charge on any atom is -0.378 e. The Morgan fingerprint density at radius 3 is 2.37 bits per heavy atom. The average Bonchev–Trinajstić information content (AvgIpc) is 2.39. The molecule has 2 rings (SSSR count). The van der Waals surface area contributed by atoms with Crippen molar-refractivity contribution in [3.8, 4) is 0 Å². The van der Waals surface area contributed by atoms with Crippen molar-refractivity contribution in [3.63, 3.8) is 0 Å². The first-order valence-electron chi connectivity index (χ1n) is 7.03. The highest BCUT2D eigenvalue weighted by molar-refractivity contribution is 5.81. The highest BCUT2D eigenvalue weighted by atomic mass is 16.7. The number of fused-ring (bicyclic) bond motifs is 2. The van der Waals surface area contributed by atoms with Gasteiger partial charge in [0.05, 0.1) is 13.2 Å². The van der Waals surface area contributed by atoms with Crippen LogP contribution in [-0.4, -0.2) is 63.5 Å². The SMILES string of the molecule is COC(CCC(=O)C1CC2COCC(C1)N2C)OC. The van der Waals surface area contributed by atoms with Crippen molar-refractivity contribution in [2.24, 2.45) is 5.92 Å².